The van der Waals surface area contributed by atoms with Gasteiger partial charge in [-0.1, -0.05) is 6.07 Å². The number of methoxy groups -OCH3 is 2. The molecule has 5 nitrogen and oxygen atoms in total. The van der Waals surface area contributed by atoms with Crippen molar-refractivity contribution >= 4 is 5.78 Å². The van der Waals surface area contributed by atoms with Gasteiger partial charge in [0.05, 0.1) is 14.2 Å². The first-order chi connectivity index (χ1) is 10.7. The van der Waals surface area contributed by atoms with E-state index in [0.717, 1.165) is 5.56 Å². The van der Waals surface area contributed by atoms with Crippen molar-refractivity contribution in [2.75, 3.05) is 21.0 Å². The lowest BCUT2D eigenvalue weighted by molar-refractivity contribution is 0.0992. The Morgan fingerprint density at radius 1 is 1.00 bits per heavy atom. The number of carbonyl (C=O) groups is 1. The third-order valence-corrected chi connectivity index (χ3v) is 3.48. The molecular weight excluding hydrogens is 284 g/mol. The van der Waals surface area contributed by atoms with Gasteiger partial charge in [-0.2, -0.15) is 0 Å². The molecule has 2 aromatic rings. The van der Waals surface area contributed by atoms with E-state index in [-0.39, 0.29) is 19.0 Å². The molecule has 0 aromatic heterocycles. The maximum Gasteiger partial charge on any atom is 0.231 e. The van der Waals surface area contributed by atoms with Gasteiger partial charge in [0, 0.05) is 18.1 Å². The van der Waals surface area contributed by atoms with Crippen LogP contribution in [-0.2, 0) is 6.42 Å². The molecular formula is C17H16O5. The van der Waals surface area contributed by atoms with Gasteiger partial charge in [0.15, 0.2) is 17.3 Å². The second-order valence-corrected chi connectivity index (χ2v) is 4.89. The molecule has 2 aromatic carbocycles. The van der Waals surface area contributed by atoms with Crippen LogP contribution in [0.4, 0.5) is 0 Å². The number of hydrogen-bond donors (Lipinski definition) is 0. The molecule has 3 rings (SSSR count). The minimum Gasteiger partial charge on any atom is -0.497 e. The quantitative estimate of drug-likeness (QED) is 0.795. The van der Waals surface area contributed by atoms with Crippen molar-refractivity contribution < 1.29 is 23.7 Å². The molecule has 22 heavy (non-hydrogen) atoms. The molecule has 0 atom stereocenters. The van der Waals surface area contributed by atoms with Crippen molar-refractivity contribution in [3.63, 3.8) is 0 Å². The summed E-state index contributed by atoms with van der Waals surface area (Å²) in [6, 6.07) is 10.7. The van der Waals surface area contributed by atoms with E-state index in [2.05, 4.69) is 0 Å². The molecule has 0 bridgehead atoms. The fourth-order valence-corrected chi connectivity index (χ4v) is 2.31. The van der Waals surface area contributed by atoms with E-state index < -0.39 is 0 Å². The zero-order valence-electron chi connectivity index (χ0n) is 12.4. The number of rotatable bonds is 5. The maximum atomic E-state index is 12.5. The van der Waals surface area contributed by atoms with Crippen LogP contribution in [0.15, 0.2) is 36.4 Å². The van der Waals surface area contributed by atoms with Crippen LogP contribution >= 0.6 is 0 Å². The predicted octanol–water partition coefficient (Wildman–Crippen LogP) is 2.86. The molecule has 0 spiro atoms. The first-order valence-corrected chi connectivity index (χ1v) is 6.84. The minimum absolute atomic E-state index is 0.0175. The van der Waals surface area contributed by atoms with Gasteiger partial charge in [0.1, 0.15) is 11.5 Å². The summed E-state index contributed by atoms with van der Waals surface area (Å²) in [6.07, 6.45) is 0.271. The third-order valence-electron chi connectivity index (χ3n) is 3.48. The third kappa shape index (κ3) is 2.83. The lowest BCUT2D eigenvalue weighted by Crippen LogP contribution is -2.04. The van der Waals surface area contributed by atoms with Crippen LogP contribution in [0.1, 0.15) is 15.9 Å². The number of carbonyl (C=O) groups excluding carboxylic acids is 1. The number of fused-ring (bicyclic) bond motifs is 1. The van der Waals surface area contributed by atoms with Gasteiger partial charge in [-0.15, -0.1) is 0 Å². The summed E-state index contributed by atoms with van der Waals surface area (Å²) in [7, 11) is 3.11. The Balaban J connectivity index is 1.82. The SMILES string of the molecule is COc1cc(OC)cc(C(=O)Cc2ccc3c(c2)OCO3)c1. The number of hydrogen-bond acceptors (Lipinski definition) is 5. The average molecular weight is 300 g/mol. The van der Waals surface area contributed by atoms with Crippen molar-refractivity contribution in [3.8, 4) is 23.0 Å². The molecule has 0 radical (unpaired) electrons. The van der Waals surface area contributed by atoms with Gasteiger partial charge >= 0.3 is 0 Å². The molecule has 114 valence electrons. The first-order valence-electron chi connectivity index (χ1n) is 6.84. The largest absolute Gasteiger partial charge is 0.497 e. The number of Topliss-reactive ketones (excluding diaryl/α,β-unsaturated/α-hetero) is 1. The number of benzene rings is 2. The summed E-state index contributed by atoms with van der Waals surface area (Å²) in [5.41, 5.74) is 1.42. The molecule has 0 unspecified atom stereocenters. The Bertz CT molecular complexity index is 686. The second kappa shape index (κ2) is 5.97. The Kier molecular flexibility index (Phi) is 3.87. The highest BCUT2D eigenvalue weighted by Gasteiger charge is 2.16. The van der Waals surface area contributed by atoms with Crippen molar-refractivity contribution in [2.45, 2.75) is 6.42 Å². The smallest absolute Gasteiger partial charge is 0.231 e. The second-order valence-electron chi connectivity index (χ2n) is 4.89. The Hall–Kier alpha value is -2.69. The monoisotopic (exact) mass is 300 g/mol. The highest BCUT2D eigenvalue weighted by Crippen LogP contribution is 2.33. The van der Waals surface area contributed by atoms with Crippen molar-refractivity contribution in [2.24, 2.45) is 0 Å². The molecule has 1 aliphatic heterocycles. The molecule has 0 aliphatic carbocycles. The lowest BCUT2D eigenvalue weighted by Gasteiger charge is -2.08. The van der Waals surface area contributed by atoms with Gasteiger partial charge in [0.25, 0.3) is 0 Å². The Morgan fingerprint density at radius 2 is 1.68 bits per heavy atom. The fraction of sp³-hybridized carbons (Fsp3) is 0.235. The Morgan fingerprint density at radius 3 is 2.36 bits per heavy atom. The normalized spacial score (nSPS) is 12.1. The van der Waals surface area contributed by atoms with Gasteiger partial charge < -0.3 is 18.9 Å². The van der Waals surface area contributed by atoms with Gasteiger partial charge in [0.2, 0.25) is 6.79 Å². The van der Waals surface area contributed by atoms with Gasteiger partial charge in [-0.05, 0) is 29.8 Å². The van der Waals surface area contributed by atoms with Crippen molar-refractivity contribution in [1.29, 1.82) is 0 Å². The van der Waals surface area contributed by atoms with E-state index >= 15 is 0 Å². The van der Waals surface area contributed by atoms with Crippen LogP contribution in [0.25, 0.3) is 0 Å². The highest BCUT2D eigenvalue weighted by atomic mass is 16.7. The summed E-state index contributed by atoms with van der Waals surface area (Å²) < 4.78 is 21.0. The van der Waals surface area contributed by atoms with Crippen LogP contribution in [0.2, 0.25) is 0 Å². The van der Waals surface area contributed by atoms with Crippen molar-refractivity contribution in [3.05, 3.63) is 47.5 Å². The van der Waals surface area contributed by atoms with E-state index in [0.29, 0.717) is 28.6 Å². The summed E-state index contributed by atoms with van der Waals surface area (Å²) >= 11 is 0. The predicted molar refractivity (Wildman–Crippen MR) is 80.1 cm³/mol. The zero-order chi connectivity index (χ0) is 15.5. The summed E-state index contributed by atoms with van der Waals surface area (Å²) in [5, 5.41) is 0. The van der Waals surface area contributed by atoms with Crippen LogP contribution in [0, 0.1) is 0 Å². The summed E-state index contributed by atoms with van der Waals surface area (Å²) in [5.74, 6) is 2.55. The first kappa shape index (κ1) is 14.3. The molecule has 5 heteroatoms. The fourth-order valence-electron chi connectivity index (χ4n) is 2.31. The Labute approximate surface area is 128 Å². The minimum atomic E-state index is -0.0175. The van der Waals surface area contributed by atoms with Crippen LogP contribution in [0.5, 0.6) is 23.0 Å². The maximum absolute atomic E-state index is 12.5. The van der Waals surface area contributed by atoms with E-state index in [1.807, 2.05) is 18.2 Å². The summed E-state index contributed by atoms with van der Waals surface area (Å²) in [6.45, 7) is 0.222. The van der Waals surface area contributed by atoms with Crippen LogP contribution in [0.3, 0.4) is 0 Å². The average Bonchev–Trinajstić information content (AvgIpc) is 3.01. The molecule has 0 saturated heterocycles. The molecule has 0 fully saturated rings. The van der Waals surface area contributed by atoms with Gasteiger partial charge in [-0.25, -0.2) is 0 Å². The van der Waals surface area contributed by atoms with Gasteiger partial charge in [-0.3, -0.25) is 4.79 Å². The van der Waals surface area contributed by atoms with Crippen LogP contribution < -0.4 is 18.9 Å². The molecule has 0 saturated carbocycles. The van der Waals surface area contributed by atoms with E-state index in [1.54, 1.807) is 32.4 Å². The molecule has 0 N–H and O–H groups in total. The van der Waals surface area contributed by atoms with Crippen LogP contribution in [-0.4, -0.2) is 26.8 Å². The summed E-state index contributed by atoms with van der Waals surface area (Å²) in [4.78, 5) is 12.5. The zero-order valence-corrected chi connectivity index (χ0v) is 12.4. The topological polar surface area (TPSA) is 54.0 Å². The van der Waals surface area contributed by atoms with E-state index in [4.69, 9.17) is 18.9 Å². The van der Waals surface area contributed by atoms with E-state index in [9.17, 15) is 4.79 Å². The molecule has 1 heterocycles. The molecule has 0 amide bonds. The van der Waals surface area contributed by atoms with Crippen molar-refractivity contribution in [1.82, 2.24) is 0 Å². The number of ketones is 1. The molecule has 1 aliphatic rings. The van der Waals surface area contributed by atoms with E-state index in [1.165, 1.54) is 0 Å². The standard InChI is InChI=1S/C17H16O5/c1-19-13-7-12(8-14(9-13)20-2)15(18)5-11-3-4-16-17(6-11)22-10-21-16/h3-4,6-9H,5,10H2,1-2H3. The highest BCUT2D eigenvalue weighted by molar-refractivity contribution is 5.98. The lowest BCUT2D eigenvalue weighted by atomic mass is 10.0. The number of ether oxygens (including phenoxy) is 4.